The molecule has 0 aromatic rings. The molecule has 0 aliphatic rings. The number of likely N-dealkylation sites (N-methyl/N-ethyl adjacent to an activating group) is 1. The highest BCUT2D eigenvalue weighted by Gasteiger charge is 1.93. The van der Waals surface area contributed by atoms with Crippen LogP contribution in [0.3, 0.4) is 0 Å². The second-order valence-electron chi connectivity index (χ2n) is 2.61. The quantitative estimate of drug-likeness (QED) is 0.391. The van der Waals surface area contributed by atoms with Gasteiger partial charge in [0.1, 0.15) is 0 Å². The van der Waals surface area contributed by atoms with Gasteiger partial charge in [-0.25, -0.2) is 0 Å². The van der Waals surface area contributed by atoms with Gasteiger partial charge in [0.05, 0.1) is 0 Å². The Hall–Kier alpha value is -1.31. The lowest BCUT2D eigenvalue weighted by Crippen LogP contribution is -2.14. The van der Waals surface area contributed by atoms with Crippen molar-refractivity contribution in [1.29, 1.82) is 0 Å². The van der Waals surface area contributed by atoms with Gasteiger partial charge in [-0.05, 0) is 18.4 Å². The van der Waals surface area contributed by atoms with Gasteiger partial charge >= 0.3 is 0 Å². The van der Waals surface area contributed by atoms with Gasteiger partial charge in [-0.1, -0.05) is 25.2 Å². The first kappa shape index (κ1) is 11.7. The molecule has 0 aromatic heterocycles. The third kappa shape index (κ3) is 5.91. The molecule has 0 aromatic carbocycles. The van der Waals surface area contributed by atoms with Crippen LogP contribution < -0.4 is 5.32 Å². The first-order valence-electron chi connectivity index (χ1n) is 4.44. The van der Waals surface area contributed by atoms with E-state index in [0.29, 0.717) is 0 Å². The summed E-state index contributed by atoms with van der Waals surface area (Å²) < 4.78 is 0. The fourth-order valence-corrected chi connectivity index (χ4v) is 0.824. The summed E-state index contributed by atoms with van der Waals surface area (Å²) in [6, 6.07) is 0. The van der Waals surface area contributed by atoms with Crippen LogP contribution in [0.15, 0.2) is 36.5 Å². The highest BCUT2D eigenvalue weighted by molar-refractivity contribution is 5.88. The molecule has 72 valence electrons. The first-order chi connectivity index (χ1) is 6.24. The van der Waals surface area contributed by atoms with E-state index in [2.05, 4.69) is 11.9 Å². The Morgan fingerprint density at radius 3 is 2.69 bits per heavy atom. The number of allylic oxidation sites excluding steroid dienone is 4. The second kappa shape index (κ2) is 7.35. The van der Waals surface area contributed by atoms with Crippen LogP contribution in [0, 0.1) is 0 Å². The minimum absolute atomic E-state index is 0.0555. The molecule has 0 fully saturated rings. The Bertz CT molecular complexity index is 226. The van der Waals surface area contributed by atoms with Crippen molar-refractivity contribution in [2.45, 2.75) is 19.8 Å². The standard InChI is InChI=1S/C11H17NO/c1-4-6-7-8-10(5-2)9-11(13)12-3/h4,7-9H,1,5-6H2,2-3H3,(H,12,13)/b8-7-,10-9+. The van der Waals surface area contributed by atoms with Crippen molar-refractivity contribution in [2.75, 3.05) is 7.05 Å². The average molecular weight is 179 g/mol. The summed E-state index contributed by atoms with van der Waals surface area (Å²) in [6.45, 7) is 5.63. The van der Waals surface area contributed by atoms with Gasteiger partial charge in [0.15, 0.2) is 0 Å². The molecule has 0 heterocycles. The lowest BCUT2D eigenvalue weighted by atomic mass is 10.1. The van der Waals surface area contributed by atoms with E-state index in [1.165, 1.54) is 0 Å². The van der Waals surface area contributed by atoms with E-state index in [0.717, 1.165) is 18.4 Å². The third-order valence-corrected chi connectivity index (χ3v) is 1.61. The van der Waals surface area contributed by atoms with Crippen molar-refractivity contribution in [2.24, 2.45) is 0 Å². The molecular formula is C11H17NO. The number of hydrogen-bond donors (Lipinski definition) is 1. The summed E-state index contributed by atoms with van der Waals surface area (Å²) in [5, 5.41) is 2.55. The van der Waals surface area contributed by atoms with Crippen LogP contribution in [-0.2, 0) is 4.79 Å². The van der Waals surface area contributed by atoms with Crippen molar-refractivity contribution in [1.82, 2.24) is 5.32 Å². The van der Waals surface area contributed by atoms with Crippen LogP contribution >= 0.6 is 0 Å². The number of hydrogen-bond acceptors (Lipinski definition) is 1. The molecule has 0 bridgehead atoms. The molecule has 0 aliphatic carbocycles. The minimum atomic E-state index is -0.0555. The molecule has 0 saturated heterocycles. The van der Waals surface area contributed by atoms with E-state index in [1.807, 2.05) is 25.2 Å². The predicted molar refractivity (Wildman–Crippen MR) is 56.4 cm³/mol. The summed E-state index contributed by atoms with van der Waals surface area (Å²) in [4.78, 5) is 11.0. The highest BCUT2D eigenvalue weighted by Crippen LogP contribution is 2.02. The first-order valence-corrected chi connectivity index (χ1v) is 4.44. The Kier molecular flexibility index (Phi) is 6.60. The zero-order chi connectivity index (χ0) is 10.1. The van der Waals surface area contributed by atoms with Gasteiger partial charge < -0.3 is 5.32 Å². The Labute approximate surface area is 80.0 Å². The number of carbonyl (C=O) groups excluding carboxylic acids is 1. The number of nitrogens with one attached hydrogen (secondary N) is 1. The maximum Gasteiger partial charge on any atom is 0.243 e. The van der Waals surface area contributed by atoms with Gasteiger partial charge in [-0.15, -0.1) is 6.58 Å². The highest BCUT2D eigenvalue weighted by atomic mass is 16.1. The summed E-state index contributed by atoms with van der Waals surface area (Å²) in [7, 11) is 1.62. The maximum absolute atomic E-state index is 11.0. The molecule has 13 heavy (non-hydrogen) atoms. The average Bonchev–Trinajstić information content (AvgIpc) is 2.16. The molecule has 2 nitrogen and oxygen atoms in total. The molecule has 2 heteroatoms. The van der Waals surface area contributed by atoms with Crippen LogP contribution in [0.1, 0.15) is 19.8 Å². The molecule has 1 N–H and O–H groups in total. The van der Waals surface area contributed by atoms with Crippen LogP contribution in [0.5, 0.6) is 0 Å². The van der Waals surface area contributed by atoms with Crippen molar-refractivity contribution in [3.05, 3.63) is 36.5 Å². The number of carbonyl (C=O) groups is 1. The van der Waals surface area contributed by atoms with Crippen LogP contribution in [-0.4, -0.2) is 13.0 Å². The van der Waals surface area contributed by atoms with Gasteiger partial charge in [-0.3, -0.25) is 4.79 Å². The molecular weight excluding hydrogens is 162 g/mol. The zero-order valence-electron chi connectivity index (χ0n) is 8.34. The van der Waals surface area contributed by atoms with Crippen molar-refractivity contribution >= 4 is 5.91 Å². The summed E-state index contributed by atoms with van der Waals surface area (Å²) in [5.41, 5.74) is 1.03. The maximum atomic E-state index is 11.0. The van der Waals surface area contributed by atoms with Crippen LogP contribution in [0.2, 0.25) is 0 Å². The predicted octanol–water partition coefficient (Wildman–Crippen LogP) is 2.20. The van der Waals surface area contributed by atoms with E-state index in [1.54, 1.807) is 13.1 Å². The lowest BCUT2D eigenvalue weighted by Gasteiger charge is -1.96. The molecule has 0 unspecified atom stereocenters. The van der Waals surface area contributed by atoms with Gasteiger partial charge in [0.2, 0.25) is 5.91 Å². The number of amides is 1. The smallest absolute Gasteiger partial charge is 0.243 e. The van der Waals surface area contributed by atoms with Crippen LogP contribution in [0.4, 0.5) is 0 Å². The molecule has 0 atom stereocenters. The van der Waals surface area contributed by atoms with Crippen molar-refractivity contribution in [3.63, 3.8) is 0 Å². The van der Waals surface area contributed by atoms with Crippen molar-refractivity contribution < 1.29 is 4.79 Å². The molecule has 1 amide bonds. The Morgan fingerprint density at radius 1 is 1.54 bits per heavy atom. The van der Waals surface area contributed by atoms with Gasteiger partial charge in [-0.2, -0.15) is 0 Å². The fraction of sp³-hybridized carbons (Fsp3) is 0.364. The van der Waals surface area contributed by atoms with Gasteiger partial charge in [0.25, 0.3) is 0 Å². The van der Waals surface area contributed by atoms with E-state index in [-0.39, 0.29) is 5.91 Å². The molecule has 0 radical (unpaired) electrons. The summed E-state index contributed by atoms with van der Waals surface area (Å²) in [5.74, 6) is -0.0555. The Morgan fingerprint density at radius 2 is 2.23 bits per heavy atom. The monoisotopic (exact) mass is 179 g/mol. The normalized spacial score (nSPS) is 11.7. The van der Waals surface area contributed by atoms with E-state index in [9.17, 15) is 4.79 Å². The molecule has 0 rings (SSSR count). The van der Waals surface area contributed by atoms with E-state index < -0.39 is 0 Å². The largest absolute Gasteiger partial charge is 0.356 e. The molecule has 0 saturated carbocycles. The summed E-state index contributed by atoms with van der Waals surface area (Å²) >= 11 is 0. The van der Waals surface area contributed by atoms with E-state index >= 15 is 0 Å². The van der Waals surface area contributed by atoms with E-state index in [4.69, 9.17) is 0 Å². The number of rotatable bonds is 5. The zero-order valence-corrected chi connectivity index (χ0v) is 8.34. The van der Waals surface area contributed by atoms with Gasteiger partial charge in [0, 0.05) is 13.1 Å². The Balaban J connectivity index is 4.23. The minimum Gasteiger partial charge on any atom is -0.356 e. The third-order valence-electron chi connectivity index (χ3n) is 1.61. The lowest BCUT2D eigenvalue weighted by molar-refractivity contribution is -0.116. The fourth-order valence-electron chi connectivity index (χ4n) is 0.824. The van der Waals surface area contributed by atoms with Crippen LogP contribution in [0.25, 0.3) is 0 Å². The second-order valence-corrected chi connectivity index (χ2v) is 2.61. The van der Waals surface area contributed by atoms with Crippen molar-refractivity contribution in [3.8, 4) is 0 Å². The summed E-state index contributed by atoms with van der Waals surface area (Å²) in [6.07, 6.45) is 9.08. The molecule has 0 aliphatic heterocycles. The SMILES string of the molecule is C=CC/C=C\C(=C\C(=O)NC)CC. The molecule has 0 spiro atoms. The topological polar surface area (TPSA) is 29.1 Å².